The molecule has 4 aromatic heterocycles. The zero-order valence-electron chi connectivity index (χ0n) is 15.3. The third-order valence-corrected chi connectivity index (χ3v) is 5.00. The highest BCUT2D eigenvalue weighted by Gasteiger charge is 2.15. The lowest BCUT2D eigenvalue weighted by atomic mass is 10.1. The fraction of sp³-hybridized carbons (Fsp3) is 0. The molecule has 30 heavy (non-hydrogen) atoms. The zero-order chi connectivity index (χ0) is 20.1. The Morgan fingerprint density at radius 3 is 1.63 bits per heavy atom. The second kappa shape index (κ2) is 6.17. The minimum atomic E-state index is -0.181. The molecule has 0 aliphatic rings. The predicted molar refractivity (Wildman–Crippen MR) is 106 cm³/mol. The summed E-state index contributed by atoms with van der Waals surface area (Å²) in [4.78, 5) is 13.3. The Hall–Kier alpha value is -4.67. The fourth-order valence-electron chi connectivity index (χ4n) is 3.58. The van der Waals surface area contributed by atoms with Crippen molar-refractivity contribution in [2.45, 2.75) is 0 Å². The number of hydrogen-bond donors (Lipinski definition) is 2. The highest BCUT2D eigenvalue weighted by molar-refractivity contribution is 5.99. The van der Waals surface area contributed by atoms with Gasteiger partial charge in [0.1, 0.15) is 0 Å². The van der Waals surface area contributed by atoms with Crippen LogP contribution in [0.5, 0.6) is 0 Å². The predicted octanol–water partition coefficient (Wildman–Crippen LogP) is 2.47. The third-order valence-electron chi connectivity index (χ3n) is 5.00. The van der Waals surface area contributed by atoms with Gasteiger partial charge in [0, 0.05) is 34.3 Å². The van der Waals surface area contributed by atoms with E-state index in [0.717, 1.165) is 32.9 Å². The smallest absolute Gasteiger partial charge is 0.269 e. The van der Waals surface area contributed by atoms with Crippen LogP contribution in [0.3, 0.4) is 0 Å². The lowest BCUT2D eigenvalue weighted by Crippen LogP contribution is -2.17. The molecule has 0 spiro atoms. The van der Waals surface area contributed by atoms with E-state index in [2.05, 4.69) is 41.2 Å². The molecule has 0 amide bonds. The molecule has 11 nitrogen and oxygen atoms in total. The van der Waals surface area contributed by atoms with Gasteiger partial charge in [0.25, 0.3) is 0 Å². The molecule has 2 aromatic carbocycles. The second-order valence-electron chi connectivity index (χ2n) is 6.67. The Bertz CT molecular complexity index is 1390. The number of aromatic nitrogens is 10. The summed E-state index contributed by atoms with van der Waals surface area (Å²) in [6.45, 7) is 0. The Morgan fingerprint density at radius 2 is 1.20 bits per heavy atom. The number of fused-ring (bicyclic) bond motifs is 2. The number of rotatable bonds is 2. The van der Waals surface area contributed by atoms with Crippen molar-refractivity contribution in [2.24, 2.45) is 0 Å². The summed E-state index contributed by atoms with van der Waals surface area (Å²) in [5, 5.41) is 29.8. The Kier molecular flexibility index (Phi) is 3.35. The number of H-pyrrole nitrogens is 2. The average molecular weight is 396 g/mol. The van der Waals surface area contributed by atoms with Crippen molar-refractivity contribution < 1.29 is 4.79 Å². The van der Waals surface area contributed by atoms with Gasteiger partial charge in [-0.3, -0.25) is 9.13 Å². The van der Waals surface area contributed by atoms with Crippen molar-refractivity contribution in [3.8, 4) is 22.8 Å². The maximum absolute atomic E-state index is 13.3. The summed E-state index contributed by atoms with van der Waals surface area (Å²) in [6, 6.07) is 14.9. The first kappa shape index (κ1) is 16.3. The van der Waals surface area contributed by atoms with Gasteiger partial charge in [0.2, 0.25) is 11.6 Å². The van der Waals surface area contributed by atoms with Crippen LogP contribution in [0.25, 0.3) is 44.6 Å². The van der Waals surface area contributed by atoms with Gasteiger partial charge in [0.15, 0.2) is 0 Å². The van der Waals surface area contributed by atoms with Crippen molar-refractivity contribution in [1.29, 1.82) is 0 Å². The lowest BCUT2D eigenvalue weighted by molar-refractivity contribution is 0.245. The number of hydrogen-bond acceptors (Lipinski definition) is 7. The average Bonchev–Trinajstić information content (AvgIpc) is 3.58. The van der Waals surface area contributed by atoms with Crippen LogP contribution in [0.2, 0.25) is 0 Å². The minimum absolute atomic E-state index is 0.181. The SMILES string of the molecule is O=C(n1ccc2cc(-c3nn[nH]n3)ccc21)n1ccc2cc(-c3nn[nH]n3)ccc21. The summed E-state index contributed by atoms with van der Waals surface area (Å²) in [6.07, 6.45) is 3.51. The molecule has 0 fully saturated rings. The van der Waals surface area contributed by atoms with E-state index in [1.807, 2.05) is 48.5 Å². The molecule has 0 radical (unpaired) electrons. The molecule has 0 atom stereocenters. The second-order valence-corrected chi connectivity index (χ2v) is 6.67. The lowest BCUT2D eigenvalue weighted by Gasteiger charge is -2.07. The largest absolute Gasteiger partial charge is 0.337 e. The molecular weight excluding hydrogens is 384 g/mol. The van der Waals surface area contributed by atoms with E-state index in [9.17, 15) is 4.79 Å². The van der Waals surface area contributed by atoms with Crippen LogP contribution < -0.4 is 0 Å². The van der Waals surface area contributed by atoms with Crippen LogP contribution in [-0.2, 0) is 0 Å². The first-order valence-corrected chi connectivity index (χ1v) is 9.02. The van der Waals surface area contributed by atoms with E-state index in [1.54, 1.807) is 21.5 Å². The molecule has 0 aliphatic carbocycles. The molecule has 6 aromatic rings. The molecule has 11 heteroatoms. The zero-order valence-corrected chi connectivity index (χ0v) is 15.3. The van der Waals surface area contributed by atoms with Crippen LogP contribution >= 0.6 is 0 Å². The number of benzene rings is 2. The summed E-state index contributed by atoms with van der Waals surface area (Å²) >= 11 is 0. The van der Waals surface area contributed by atoms with Gasteiger partial charge < -0.3 is 0 Å². The Balaban J connectivity index is 1.40. The van der Waals surface area contributed by atoms with Gasteiger partial charge in [-0.25, -0.2) is 4.79 Å². The van der Waals surface area contributed by atoms with Crippen molar-refractivity contribution >= 4 is 27.8 Å². The van der Waals surface area contributed by atoms with E-state index in [-0.39, 0.29) is 6.03 Å². The summed E-state index contributed by atoms with van der Waals surface area (Å²) in [7, 11) is 0. The first-order valence-electron chi connectivity index (χ1n) is 9.02. The van der Waals surface area contributed by atoms with E-state index in [1.165, 1.54) is 0 Å². The van der Waals surface area contributed by atoms with E-state index < -0.39 is 0 Å². The van der Waals surface area contributed by atoms with E-state index in [4.69, 9.17) is 0 Å². The monoisotopic (exact) mass is 396 g/mol. The van der Waals surface area contributed by atoms with Crippen LogP contribution in [0.1, 0.15) is 0 Å². The van der Waals surface area contributed by atoms with Gasteiger partial charge in [-0.2, -0.15) is 10.4 Å². The van der Waals surface area contributed by atoms with Crippen molar-refractivity contribution in [3.05, 3.63) is 60.9 Å². The molecule has 0 saturated carbocycles. The van der Waals surface area contributed by atoms with Gasteiger partial charge in [-0.05, 0) is 59.0 Å². The number of nitrogens with one attached hydrogen (secondary N) is 2. The third kappa shape index (κ3) is 2.42. The molecule has 0 saturated heterocycles. The first-order chi connectivity index (χ1) is 14.8. The normalized spacial score (nSPS) is 11.5. The van der Waals surface area contributed by atoms with Crippen LogP contribution in [0.4, 0.5) is 4.79 Å². The standard InChI is InChI=1S/C19H12N10O/c30-19(28-7-5-11-9-13(1-3-15(11)28)17-20-24-25-21-17)29-8-6-12-10-14(2-4-16(12)29)18-22-26-27-23-18/h1-10H,(H,20,21,24,25)(H,22,23,26,27). The fourth-order valence-corrected chi connectivity index (χ4v) is 3.58. The molecule has 144 valence electrons. The molecule has 0 bridgehead atoms. The Labute approximate surface area is 167 Å². The van der Waals surface area contributed by atoms with Crippen molar-refractivity contribution in [1.82, 2.24) is 50.4 Å². The summed E-state index contributed by atoms with van der Waals surface area (Å²) in [5.74, 6) is 1.01. The molecule has 6 rings (SSSR count). The number of tetrazole rings is 2. The van der Waals surface area contributed by atoms with E-state index >= 15 is 0 Å². The Morgan fingerprint density at radius 1 is 0.700 bits per heavy atom. The van der Waals surface area contributed by atoms with Gasteiger partial charge in [-0.15, -0.1) is 20.4 Å². The van der Waals surface area contributed by atoms with E-state index in [0.29, 0.717) is 11.6 Å². The van der Waals surface area contributed by atoms with Crippen molar-refractivity contribution in [2.75, 3.05) is 0 Å². The molecule has 0 unspecified atom stereocenters. The van der Waals surface area contributed by atoms with Crippen LogP contribution in [-0.4, -0.2) is 56.4 Å². The number of carbonyl (C=O) groups is 1. The highest BCUT2D eigenvalue weighted by atomic mass is 16.2. The van der Waals surface area contributed by atoms with Gasteiger partial charge in [-0.1, -0.05) is 0 Å². The van der Waals surface area contributed by atoms with Crippen molar-refractivity contribution in [3.63, 3.8) is 0 Å². The number of aromatic amines is 2. The topological polar surface area (TPSA) is 136 Å². The van der Waals surface area contributed by atoms with Crippen LogP contribution in [0.15, 0.2) is 60.9 Å². The summed E-state index contributed by atoms with van der Waals surface area (Å²) < 4.78 is 3.23. The van der Waals surface area contributed by atoms with Gasteiger partial charge in [0.05, 0.1) is 11.0 Å². The highest BCUT2D eigenvalue weighted by Crippen LogP contribution is 2.25. The molecular formula is C19H12N10O. The maximum Gasteiger partial charge on any atom is 0.337 e. The molecule has 4 heterocycles. The number of carbonyl (C=O) groups excluding carboxylic acids is 1. The minimum Gasteiger partial charge on any atom is -0.269 e. The number of nitrogens with zero attached hydrogens (tertiary/aromatic N) is 8. The van der Waals surface area contributed by atoms with Crippen LogP contribution in [0, 0.1) is 0 Å². The van der Waals surface area contributed by atoms with Gasteiger partial charge >= 0.3 is 6.03 Å². The molecule has 0 aliphatic heterocycles. The molecule has 2 N–H and O–H groups in total. The quantitative estimate of drug-likeness (QED) is 0.459. The maximum atomic E-state index is 13.3. The summed E-state index contributed by atoms with van der Waals surface area (Å²) in [5.41, 5.74) is 3.22.